The Morgan fingerprint density at radius 3 is 1.29 bits per heavy atom. The van der Waals surface area contributed by atoms with Crippen LogP contribution in [0, 0.1) is 0 Å². The van der Waals surface area contributed by atoms with Crippen molar-refractivity contribution >= 4 is 56.0 Å². The van der Waals surface area contributed by atoms with E-state index in [4.69, 9.17) is 9.97 Å². The van der Waals surface area contributed by atoms with E-state index in [0.29, 0.717) is 0 Å². The van der Waals surface area contributed by atoms with Crippen LogP contribution in [0.2, 0.25) is 0 Å². The van der Waals surface area contributed by atoms with Crippen LogP contribution in [0.3, 0.4) is 0 Å². The molecule has 4 aromatic carbocycles. The minimum Gasteiger partial charge on any atom is -0.342 e. The first-order chi connectivity index (χ1) is 24.7. The summed E-state index contributed by atoms with van der Waals surface area (Å²) >= 11 is 0. The lowest BCUT2D eigenvalue weighted by molar-refractivity contribution is 0.559. The van der Waals surface area contributed by atoms with Crippen molar-refractivity contribution in [3.8, 4) is 22.5 Å². The van der Waals surface area contributed by atoms with Gasteiger partial charge in [0.1, 0.15) is 0 Å². The highest BCUT2D eigenvalue weighted by Crippen LogP contribution is 2.36. The molecule has 8 rings (SSSR count). The predicted molar refractivity (Wildman–Crippen MR) is 216 cm³/mol. The monoisotopic (exact) mass is 692 g/mol. The fourth-order valence-electron chi connectivity index (χ4n) is 7.56. The van der Waals surface area contributed by atoms with Crippen molar-refractivity contribution < 1.29 is 0 Å². The number of benzene rings is 4. The van der Waals surface area contributed by atoms with Crippen LogP contribution in [0.4, 0.5) is 0 Å². The Morgan fingerprint density at radius 1 is 0.471 bits per heavy atom. The topological polar surface area (TPSA) is 59.7 Å². The number of rotatable bonds is 13. The molecule has 4 heterocycles. The molecule has 0 bridgehead atoms. The highest BCUT2D eigenvalue weighted by molar-refractivity contribution is 6.13. The number of nitrogens with zero attached hydrogens (tertiary/aromatic N) is 4. The second kappa shape index (κ2) is 15.5. The Balaban J connectivity index is 0.00000406. The van der Waals surface area contributed by atoms with Gasteiger partial charge < -0.3 is 19.8 Å². The van der Waals surface area contributed by atoms with Crippen molar-refractivity contribution in [2.45, 2.75) is 38.8 Å². The molecule has 8 aromatic rings. The summed E-state index contributed by atoms with van der Waals surface area (Å²) in [7, 11) is 4.30. The average molecular weight is 693 g/mol. The molecule has 0 radical (unpaired) electrons. The summed E-state index contributed by atoms with van der Waals surface area (Å²) in [5, 5.41) is 12.4. The number of hydrogen-bond donors (Lipinski definition) is 2. The molecule has 0 amide bonds. The molecule has 0 aliphatic rings. The summed E-state index contributed by atoms with van der Waals surface area (Å²) in [4.78, 5) is 10.4. The Bertz CT molecular complexity index is 2240. The molecule has 4 aromatic heterocycles. The van der Waals surface area contributed by atoms with Crippen LogP contribution in [0.15, 0.2) is 121 Å². The van der Waals surface area contributed by atoms with Gasteiger partial charge in [-0.1, -0.05) is 110 Å². The van der Waals surface area contributed by atoms with E-state index in [2.05, 4.69) is 155 Å². The van der Waals surface area contributed by atoms with Gasteiger partial charge in [0, 0.05) is 70.9 Å². The van der Waals surface area contributed by atoms with Crippen molar-refractivity contribution in [3.05, 3.63) is 133 Å². The maximum Gasteiger partial charge on any atom is 0.0949 e. The van der Waals surface area contributed by atoms with Crippen LogP contribution in [0.5, 0.6) is 0 Å². The second-order valence-corrected chi connectivity index (χ2v) is 13.4. The largest absolute Gasteiger partial charge is 0.342 e. The van der Waals surface area contributed by atoms with Crippen LogP contribution in [0.25, 0.3) is 66.1 Å². The van der Waals surface area contributed by atoms with Gasteiger partial charge >= 0.3 is 0 Å². The number of hydrogen-bond acceptors (Lipinski definition) is 4. The van der Waals surface area contributed by atoms with Gasteiger partial charge in [-0.15, -0.1) is 12.4 Å². The van der Waals surface area contributed by atoms with E-state index in [1.165, 1.54) is 56.5 Å². The van der Waals surface area contributed by atoms with E-state index in [9.17, 15) is 0 Å². The number of unbranched alkanes of at least 4 members (excludes halogenated alkanes) is 3. The molecule has 2 N–H and O–H groups in total. The van der Waals surface area contributed by atoms with Gasteiger partial charge in [0.15, 0.2) is 0 Å². The summed E-state index contributed by atoms with van der Waals surface area (Å²) in [5.41, 5.74) is 11.4. The second-order valence-electron chi connectivity index (χ2n) is 13.4. The maximum absolute atomic E-state index is 5.18. The average Bonchev–Trinajstić information content (AvgIpc) is 3.62. The summed E-state index contributed by atoms with van der Waals surface area (Å²) in [6.07, 6.45) is 4.72. The molecule has 51 heavy (non-hydrogen) atoms. The SMILES string of the molecule is Cl.Cn1c2ccccc2c2cc(CNCCCCCCNCc3cc4c5ccccc5n(C)c4c(-c4ccccc4)n3)nc(-c3ccccc3)c21. The number of aryl methyl sites for hydroxylation is 2. The number of nitrogens with one attached hydrogen (secondary N) is 2. The standard InChI is InChI=1S/C44H44N6.ClH/c1-49-39-23-13-11-21-35(39)37-27-33(47-41(43(37)49)31-17-7-5-8-18-31)29-45-25-15-3-4-16-26-46-30-34-28-38-36-22-12-14-24-40(36)50(2)44(38)42(48-34)32-19-9-6-10-20-32;/h5-14,17-24,27-28,45-46H,3-4,15-16,25-26,29-30H2,1-2H3;1H. The van der Waals surface area contributed by atoms with Crippen molar-refractivity contribution in [1.29, 1.82) is 0 Å². The third-order valence-corrected chi connectivity index (χ3v) is 10.0. The molecule has 6 nitrogen and oxygen atoms in total. The fourth-order valence-corrected chi connectivity index (χ4v) is 7.56. The lowest BCUT2D eigenvalue weighted by Crippen LogP contribution is -2.17. The van der Waals surface area contributed by atoms with Gasteiger partial charge in [-0.05, 0) is 50.2 Å². The van der Waals surface area contributed by atoms with Crippen LogP contribution in [0.1, 0.15) is 37.1 Å². The minimum atomic E-state index is 0. The van der Waals surface area contributed by atoms with E-state index in [1.807, 2.05) is 0 Å². The molecule has 7 heteroatoms. The Labute approximate surface area is 306 Å². The molecular formula is C44H45ClN6. The number of para-hydroxylation sites is 2. The first kappa shape index (κ1) is 34.4. The summed E-state index contributed by atoms with van der Waals surface area (Å²) in [6.45, 7) is 3.50. The zero-order valence-electron chi connectivity index (χ0n) is 29.4. The van der Waals surface area contributed by atoms with Crippen molar-refractivity contribution in [3.63, 3.8) is 0 Å². The van der Waals surface area contributed by atoms with Gasteiger partial charge in [-0.2, -0.15) is 0 Å². The van der Waals surface area contributed by atoms with Gasteiger partial charge in [0.2, 0.25) is 0 Å². The molecule has 0 saturated heterocycles. The number of halogens is 1. The van der Waals surface area contributed by atoms with E-state index in [-0.39, 0.29) is 12.4 Å². The van der Waals surface area contributed by atoms with Crippen molar-refractivity contribution in [1.82, 2.24) is 29.7 Å². The van der Waals surface area contributed by atoms with E-state index in [1.54, 1.807) is 0 Å². The molecule has 0 aliphatic heterocycles. The molecule has 0 spiro atoms. The predicted octanol–water partition coefficient (Wildman–Crippen LogP) is 9.96. The highest BCUT2D eigenvalue weighted by Gasteiger charge is 2.17. The Morgan fingerprint density at radius 2 is 0.863 bits per heavy atom. The number of fused-ring (bicyclic) bond motifs is 6. The van der Waals surface area contributed by atoms with Gasteiger partial charge in [-0.3, -0.25) is 0 Å². The van der Waals surface area contributed by atoms with Crippen LogP contribution < -0.4 is 10.6 Å². The minimum absolute atomic E-state index is 0. The summed E-state index contributed by atoms with van der Waals surface area (Å²) in [5.74, 6) is 0. The third-order valence-electron chi connectivity index (χ3n) is 10.0. The third kappa shape index (κ3) is 6.87. The Kier molecular flexibility index (Phi) is 10.5. The van der Waals surface area contributed by atoms with Gasteiger partial charge in [-0.25, -0.2) is 9.97 Å². The van der Waals surface area contributed by atoms with Gasteiger partial charge in [0.05, 0.1) is 33.8 Å². The zero-order chi connectivity index (χ0) is 33.9. The molecular weight excluding hydrogens is 648 g/mol. The normalized spacial score (nSPS) is 11.6. The van der Waals surface area contributed by atoms with E-state index < -0.39 is 0 Å². The molecule has 0 unspecified atom stereocenters. The quantitative estimate of drug-likeness (QED) is 0.118. The summed E-state index contributed by atoms with van der Waals surface area (Å²) < 4.78 is 4.57. The van der Waals surface area contributed by atoms with Gasteiger partial charge in [0.25, 0.3) is 0 Å². The van der Waals surface area contributed by atoms with Crippen molar-refractivity contribution in [2.24, 2.45) is 14.1 Å². The van der Waals surface area contributed by atoms with Crippen LogP contribution in [-0.2, 0) is 27.2 Å². The first-order valence-electron chi connectivity index (χ1n) is 17.9. The fraction of sp³-hybridized carbons (Fsp3) is 0.227. The van der Waals surface area contributed by atoms with Crippen molar-refractivity contribution in [2.75, 3.05) is 13.1 Å². The molecule has 0 saturated carbocycles. The van der Waals surface area contributed by atoms with Crippen LogP contribution >= 0.6 is 12.4 Å². The lowest BCUT2D eigenvalue weighted by atomic mass is 10.1. The Hall–Kier alpha value is -5.01. The molecule has 0 atom stereocenters. The smallest absolute Gasteiger partial charge is 0.0949 e. The van der Waals surface area contributed by atoms with Crippen LogP contribution in [-0.4, -0.2) is 32.2 Å². The summed E-state index contributed by atoms with van der Waals surface area (Å²) in [6, 6.07) is 43.0. The highest BCUT2D eigenvalue weighted by atomic mass is 35.5. The van der Waals surface area contributed by atoms with E-state index >= 15 is 0 Å². The van der Waals surface area contributed by atoms with E-state index in [0.717, 1.165) is 72.9 Å². The number of pyridine rings is 2. The molecule has 0 aliphatic carbocycles. The number of aromatic nitrogens is 4. The molecule has 258 valence electrons. The first-order valence-corrected chi connectivity index (χ1v) is 17.9. The molecule has 0 fully saturated rings. The zero-order valence-corrected chi connectivity index (χ0v) is 30.2. The lowest BCUT2D eigenvalue weighted by Gasteiger charge is -2.11. The maximum atomic E-state index is 5.18.